The first-order chi connectivity index (χ1) is 9.70. The van der Waals surface area contributed by atoms with Gasteiger partial charge in [-0.05, 0) is 18.2 Å². The van der Waals surface area contributed by atoms with Crippen LogP contribution in [0.5, 0.6) is 5.75 Å². The van der Waals surface area contributed by atoms with Gasteiger partial charge in [0.2, 0.25) is 0 Å². The molecular formula is C15H10Cl2N2O. The molecule has 0 atom stereocenters. The Balaban J connectivity index is 2.25. The molecule has 3 nitrogen and oxygen atoms in total. The van der Waals surface area contributed by atoms with E-state index in [2.05, 4.69) is 10.2 Å². The highest BCUT2D eigenvalue weighted by Crippen LogP contribution is 2.33. The molecule has 0 saturated heterocycles. The van der Waals surface area contributed by atoms with Gasteiger partial charge in [-0.1, -0.05) is 47.5 Å². The van der Waals surface area contributed by atoms with Crippen molar-refractivity contribution in [3.8, 4) is 17.0 Å². The lowest BCUT2D eigenvalue weighted by Gasteiger charge is -2.08. The van der Waals surface area contributed by atoms with Crippen molar-refractivity contribution in [2.24, 2.45) is 0 Å². The molecular weight excluding hydrogens is 295 g/mol. The summed E-state index contributed by atoms with van der Waals surface area (Å²) in [6, 6.07) is 13.3. The van der Waals surface area contributed by atoms with Crippen LogP contribution in [0.25, 0.3) is 22.0 Å². The summed E-state index contributed by atoms with van der Waals surface area (Å²) in [6.07, 6.45) is 0. The van der Waals surface area contributed by atoms with Gasteiger partial charge >= 0.3 is 0 Å². The highest BCUT2D eigenvalue weighted by Gasteiger charge is 2.11. The van der Waals surface area contributed by atoms with Gasteiger partial charge in [-0.25, -0.2) is 0 Å². The van der Waals surface area contributed by atoms with E-state index in [9.17, 15) is 0 Å². The summed E-state index contributed by atoms with van der Waals surface area (Å²) in [7, 11) is 1.58. The summed E-state index contributed by atoms with van der Waals surface area (Å²) < 4.78 is 5.15. The van der Waals surface area contributed by atoms with Gasteiger partial charge in [0.15, 0.2) is 5.15 Å². The SMILES string of the molecule is COc1ccc(-c2nnc(Cl)c3ccccc23)cc1Cl. The highest BCUT2D eigenvalue weighted by molar-refractivity contribution is 6.34. The van der Waals surface area contributed by atoms with E-state index in [-0.39, 0.29) is 0 Å². The largest absolute Gasteiger partial charge is 0.495 e. The Morgan fingerprint density at radius 3 is 2.40 bits per heavy atom. The van der Waals surface area contributed by atoms with Crippen molar-refractivity contribution in [3.63, 3.8) is 0 Å². The van der Waals surface area contributed by atoms with Crippen LogP contribution in [-0.4, -0.2) is 17.3 Å². The van der Waals surface area contributed by atoms with Crippen molar-refractivity contribution in [2.75, 3.05) is 7.11 Å². The lowest BCUT2D eigenvalue weighted by molar-refractivity contribution is 0.415. The third-order valence-corrected chi connectivity index (χ3v) is 3.64. The summed E-state index contributed by atoms with van der Waals surface area (Å²) in [5.41, 5.74) is 1.62. The minimum Gasteiger partial charge on any atom is -0.495 e. The van der Waals surface area contributed by atoms with Crippen molar-refractivity contribution >= 4 is 34.0 Å². The number of rotatable bonds is 2. The van der Waals surface area contributed by atoms with Gasteiger partial charge in [0.1, 0.15) is 11.4 Å². The molecule has 3 rings (SSSR count). The molecule has 0 spiro atoms. The van der Waals surface area contributed by atoms with Crippen LogP contribution in [0.1, 0.15) is 0 Å². The fraction of sp³-hybridized carbons (Fsp3) is 0.0667. The zero-order chi connectivity index (χ0) is 14.1. The average molecular weight is 305 g/mol. The smallest absolute Gasteiger partial charge is 0.159 e. The van der Waals surface area contributed by atoms with Gasteiger partial charge < -0.3 is 4.74 Å². The van der Waals surface area contributed by atoms with E-state index in [1.807, 2.05) is 42.5 Å². The third kappa shape index (κ3) is 2.19. The first-order valence-electron chi connectivity index (χ1n) is 5.95. The monoisotopic (exact) mass is 304 g/mol. The molecule has 0 fully saturated rings. The Morgan fingerprint density at radius 2 is 1.70 bits per heavy atom. The van der Waals surface area contributed by atoms with Gasteiger partial charge in [0.05, 0.1) is 12.1 Å². The molecule has 0 aliphatic heterocycles. The van der Waals surface area contributed by atoms with Crippen molar-refractivity contribution < 1.29 is 4.74 Å². The molecule has 0 radical (unpaired) electrons. The molecule has 1 aromatic heterocycles. The summed E-state index contributed by atoms with van der Waals surface area (Å²) >= 11 is 12.2. The van der Waals surface area contributed by atoms with Crippen LogP contribution >= 0.6 is 23.2 Å². The number of nitrogens with zero attached hydrogens (tertiary/aromatic N) is 2. The number of hydrogen-bond donors (Lipinski definition) is 0. The van der Waals surface area contributed by atoms with E-state index >= 15 is 0 Å². The fourth-order valence-electron chi connectivity index (χ4n) is 2.10. The Morgan fingerprint density at radius 1 is 0.950 bits per heavy atom. The van der Waals surface area contributed by atoms with Gasteiger partial charge in [-0.2, -0.15) is 0 Å². The summed E-state index contributed by atoms with van der Waals surface area (Å²) in [4.78, 5) is 0. The first kappa shape index (κ1) is 13.2. The fourth-order valence-corrected chi connectivity index (χ4v) is 2.56. The van der Waals surface area contributed by atoms with E-state index < -0.39 is 0 Å². The molecule has 0 bridgehead atoms. The first-order valence-corrected chi connectivity index (χ1v) is 6.71. The summed E-state index contributed by atoms with van der Waals surface area (Å²) in [5.74, 6) is 0.627. The lowest BCUT2D eigenvalue weighted by atomic mass is 10.1. The minimum absolute atomic E-state index is 0.393. The normalized spacial score (nSPS) is 10.8. The molecule has 0 unspecified atom stereocenters. The molecule has 0 aliphatic rings. The molecule has 1 heterocycles. The number of methoxy groups -OCH3 is 1. The van der Waals surface area contributed by atoms with Crippen molar-refractivity contribution in [2.45, 2.75) is 0 Å². The Labute approximate surface area is 126 Å². The number of aromatic nitrogens is 2. The number of fused-ring (bicyclic) bond motifs is 1. The summed E-state index contributed by atoms with van der Waals surface area (Å²) in [6.45, 7) is 0. The van der Waals surface area contributed by atoms with Crippen LogP contribution < -0.4 is 4.74 Å². The van der Waals surface area contributed by atoms with Crippen LogP contribution in [0.3, 0.4) is 0 Å². The molecule has 20 heavy (non-hydrogen) atoms. The quantitative estimate of drug-likeness (QED) is 0.693. The molecule has 0 saturated carbocycles. The second-order valence-electron chi connectivity index (χ2n) is 4.23. The Bertz CT molecular complexity index is 790. The van der Waals surface area contributed by atoms with E-state index in [0.29, 0.717) is 15.9 Å². The maximum Gasteiger partial charge on any atom is 0.159 e. The zero-order valence-corrected chi connectivity index (χ0v) is 12.1. The molecule has 2 aromatic carbocycles. The zero-order valence-electron chi connectivity index (χ0n) is 10.6. The van der Waals surface area contributed by atoms with Crippen molar-refractivity contribution in [3.05, 3.63) is 52.6 Å². The van der Waals surface area contributed by atoms with Crippen LogP contribution in [0.4, 0.5) is 0 Å². The van der Waals surface area contributed by atoms with Crippen LogP contribution in [0.15, 0.2) is 42.5 Å². The van der Waals surface area contributed by atoms with Crippen LogP contribution in [-0.2, 0) is 0 Å². The van der Waals surface area contributed by atoms with Crippen LogP contribution in [0, 0.1) is 0 Å². The Kier molecular flexibility index (Phi) is 3.47. The van der Waals surface area contributed by atoms with Crippen LogP contribution in [0.2, 0.25) is 10.2 Å². The number of hydrogen-bond acceptors (Lipinski definition) is 3. The molecule has 5 heteroatoms. The van der Waals surface area contributed by atoms with E-state index in [1.165, 1.54) is 0 Å². The molecule has 3 aromatic rings. The topological polar surface area (TPSA) is 35.0 Å². The van der Waals surface area contributed by atoms with E-state index in [0.717, 1.165) is 22.0 Å². The van der Waals surface area contributed by atoms with Crippen molar-refractivity contribution in [1.82, 2.24) is 10.2 Å². The predicted octanol–water partition coefficient (Wildman–Crippen LogP) is 4.61. The minimum atomic E-state index is 0.393. The highest BCUT2D eigenvalue weighted by atomic mass is 35.5. The maximum atomic E-state index is 6.16. The predicted molar refractivity (Wildman–Crippen MR) is 81.5 cm³/mol. The second-order valence-corrected chi connectivity index (χ2v) is 5.00. The van der Waals surface area contributed by atoms with Gasteiger partial charge in [-0.15, -0.1) is 10.2 Å². The lowest BCUT2D eigenvalue weighted by Crippen LogP contribution is -1.92. The van der Waals surface area contributed by atoms with Gasteiger partial charge in [-0.3, -0.25) is 0 Å². The Hall–Kier alpha value is -1.84. The molecule has 0 aliphatic carbocycles. The molecule has 0 N–H and O–H groups in total. The third-order valence-electron chi connectivity index (χ3n) is 3.07. The van der Waals surface area contributed by atoms with Crippen molar-refractivity contribution in [1.29, 1.82) is 0 Å². The molecule has 0 amide bonds. The van der Waals surface area contributed by atoms with E-state index in [4.69, 9.17) is 27.9 Å². The van der Waals surface area contributed by atoms with Gasteiger partial charge in [0, 0.05) is 16.3 Å². The molecule has 100 valence electrons. The number of ether oxygens (including phenoxy) is 1. The summed E-state index contributed by atoms with van der Waals surface area (Å²) in [5, 5.41) is 10.9. The van der Waals surface area contributed by atoms with E-state index in [1.54, 1.807) is 7.11 Å². The average Bonchev–Trinajstić information content (AvgIpc) is 2.48. The standard InChI is InChI=1S/C15H10Cl2N2O/c1-20-13-7-6-9(8-12(13)16)14-10-4-2-3-5-11(10)15(17)19-18-14/h2-8H,1H3. The second kappa shape index (κ2) is 5.27. The number of benzene rings is 2. The number of halogens is 2. The van der Waals surface area contributed by atoms with Gasteiger partial charge in [0.25, 0.3) is 0 Å². The maximum absolute atomic E-state index is 6.16.